The Hall–Kier alpha value is -4.07. The number of furan rings is 1. The van der Waals surface area contributed by atoms with Gasteiger partial charge in [0.15, 0.2) is 5.76 Å². The number of aryl methyl sites for hydroxylation is 2. The predicted octanol–water partition coefficient (Wildman–Crippen LogP) is 4.64. The second kappa shape index (κ2) is 9.82. The largest absolute Gasteiger partial charge is 0.497 e. The summed E-state index contributed by atoms with van der Waals surface area (Å²) in [6.07, 6.45) is 2.17. The zero-order valence-electron chi connectivity index (χ0n) is 19.7. The van der Waals surface area contributed by atoms with Crippen molar-refractivity contribution in [3.8, 4) is 11.5 Å². The van der Waals surface area contributed by atoms with Gasteiger partial charge in [0, 0.05) is 29.2 Å². The van der Waals surface area contributed by atoms with Gasteiger partial charge < -0.3 is 19.2 Å². The molecule has 2 aromatic carbocycles. The first-order valence-corrected chi connectivity index (χ1v) is 11.0. The van der Waals surface area contributed by atoms with Crippen LogP contribution in [-0.4, -0.2) is 31.7 Å². The summed E-state index contributed by atoms with van der Waals surface area (Å²) < 4.78 is 16.6. The van der Waals surface area contributed by atoms with E-state index < -0.39 is 5.91 Å². The van der Waals surface area contributed by atoms with Gasteiger partial charge in [0.05, 0.1) is 25.6 Å². The van der Waals surface area contributed by atoms with Crippen LogP contribution in [0.25, 0.3) is 0 Å². The van der Waals surface area contributed by atoms with Crippen molar-refractivity contribution >= 4 is 23.2 Å². The molecule has 0 saturated heterocycles. The minimum Gasteiger partial charge on any atom is -0.497 e. The van der Waals surface area contributed by atoms with Gasteiger partial charge in [-0.25, -0.2) is 5.43 Å². The van der Waals surface area contributed by atoms with Crippen LogP contribution in [-0.2, 0) is 6.42 Å². The summed E-state index contributed by atoms with van der Waals surface area (Å²) >= 11 is 0. The van der Waals surface area contributed by atoms with Gasteiger partial charge in [-0.15, -0.1) is 0 Å². The molecule has 8 nitrogen and oxygen atoms in total. The van der Waals surface area contributed by atoms with Crippen molar-refractivity contribution in [1.82, 2.24) is 5.43 Å². The highest BCUT2D eigenvalue weighted by Crippen LogP contribution is 2.33. The number of ether oxygens (including phenoxy) is 2. The minimum absolute atomic E-state index is 0.203. The Morgan fingerprint density at radius 1 is 1.00 bits per heavy atom. The van der Waals surface area contributed by atoms with Crippen LogP contribution >= 0.6 is 0 Å². The summed E-state index contributed by atoms with van der Waals surface area (Å²) in [7, 11) is 3.08. The number of hydrogen-bond donors (Lipinski definition) is 2. The van der Waals surface area contributed by atoms with E-state index in [9.17, 15) is 9.59 Å². The van der Waals surface area contributed by atoms with Gasteiger partial charge in [0.2, 0.25) is 0 Å². The van der Waals surface area contributed by atoms with Crippen LogP contribution in [0.1, 0.15) is 56.2 Å². The van der Waals surface area contributed by atoms with E-state index in [4.69, 9.17) is 13.9 Å². The Kier molecular flexibility index (Phi) is 6.67. The minimum atomic E-state index is -0.401. The third-order valence-corrected chi connectivity index (χ3v) is 5.87. The summed E-state index contributed by atoms with van der Waals surface area (Å²) in [4.78, 5) is 25.7. The van der Waals surface area contributed by atoms with Crippen molar-refractivity contribution in [3.05, 3.63) is 76.2 Å². The fraction of sp³-hybridized carbons (Fsp3) is 0.269. The van der Waals surface area contributed by atoms with Crippen molar-refractivity contribution in [2.45, 2.75) is 33.1 Å². The van der Waals surface area contributed by atoms with Crippen LogP contribution < -0.4 is 20.2 Å². The number of fused-ring (bicyclic) bond motifs is 1. The van der Waals surface area contributed by atoms with Gasteiger partial charge in [-0.2, -0.15) is 5.10 Å². The third-order valence-electron chi connectivity index (χ3n) is 5.87. The highest BCUT2D eigenvalue weighted by atomic mass is 16.5. The summed E-state index contributed by atoms with van der Waals surface area (Å²) in [6, 6.07) is 12.5. The molecule has 1 aromatic heterocycles. The van der Waals surface area contributed by atoms with Crippen LogP contribution in [0, 0.1) is 13.8 Å². The summed E-state index contributed by atoms with van der Waals surface area (Å²) in [6.45, 7) is 3.70. The molecule has 1 aliphatic rings. The molecule has 176 valence electrons. The van der Waals surface area contributed by atoms with Gasteiger partial charge >= 0.3 is 0 Å². The van der Waals surface area contributed by atoms with Crippen LogP contribution in [0.15, 0.2) is 52.0 Å². The number of amides is 2. The highest BCUT2D eigenvalue weighted by molar-refractivity contribution is 6.10. The molecule has 1 heterocycles. The molecule has 0 saturated carbocycles. The second-order valence-corrected chi connectivity index (χ2v) is 8.04. The predicted molar refractivity (Wildman–Crippen MR) is 129 cm³/mol. The first-order valence-electron chi connectivity index (χ1n) is 11.0. The molecule has 0 unspecified atom stereocenters. The second-order valence-electron chi connectivity index (χ2n) is 8.04. The molecule has 8 heteroatoms. The number of hydrazone groups is 1. The Morgan fingerprint density at radius 2 is 1.79 bits per heavy atom. The maximum absolute atomic E-state index is 13.1. The van der Waals surface area contributed by atoms with Gasteiger partial charge in [-0.3, -0.25) is 9.59 Å². The van der Waals surface area contributed by atoms with Gasteiger partial charge in [0.1, 0.15) is 17.3 Å². The first-order chi connectivity index (χ1) is 16.4. The van der Waals surface area contributed by atoms with Crippen molar-refractivity contribution in [2.75, 3.05) is 19.5 Å². The smallest absolute Gasteiger partial charge is 0.291 e. The van der Waals surface area contributed by atoms with E-state index in [1.165, 1.54) is 7.11 Å². The number of carbonyl (C=O) groups is 2. The molecule has 3 aromatic rings. The lowest BCUT2D eigenvalue weighted by Crippen LogP contribution is -2.22. The van der Waals surface area contributed by atoms with E-state index in [1.54, 1.807) is 31.4 Å². The van der Waals surface area contributed by atoms with E-state index in [0.29, 0.717) is 52.6 Å². The number of carbonyl (C=O) groups excluding carboxylic acids is 2. The normalized spacial score (nSPS) is 13.8. The number of nitrogens with zero attached hydrogens (tertiary/aromatic N) is 1. The van der Waals surface area contributed by atoms with Crippen molar-refractivity contribution in [3.63, 3.8) is 0 Å². The van der Waals surface area contributed by atoms with Gasteiger partial charge in [-0.05, 0) is 50.5 Å². The van der Waals surface area contributed by atoms with Crippen molar-refractivity contribution in [2.24, 2.45) is 5.10 Å². The number of nitrogens with one attached hydrogen (secondary N) is 2. The SMILES string of the molecule is COc1ccc(OC)c(NC(=O)c2oc3c(c2C)/C(=N/NC(=O)c2ccccc2C)CCC3)c1. The summed E-state index contributed by atoms with van der Waals surface area (Å²) in [5.41, 5.74) is 6.72. The van der Waals surface area contributed by atoms with Crippen molar-refractivity contribution in [1.29, 1.82) is 0 Å². The Bertz CT molecular complexity index is 1280. The zero-order valence-corrected chi connectivity index (χ0v) is 19.7. The molecule has 0 bridgehead atoms. The monoisotopic (exact) mass is 461 g/mol. The average Bonchev–Trinajstić information content (AvgIpc) is 3.20. The molecule has 0 spiro atoms. The first kappa shape index (κ1) is 23.1. The highest BCUT2D eigenvalue weighted by Gasteiger charge is 2.28. The fourth-order valence-corrected chi connectivity index (χ4v) is 4.09. The van der Waals surface area contributed by atoms with Crippen LogP contribution in [0.2, 0.25) is 0 Å². The van der Waals surface area contributed by atoms with E-state index in [-0.39, 0.29) is 11.7 Å². The lowest BCUT2D eigenvalue weighted by atomic mass is 9.93. The summed E-state index contributed by atoms with van der Waals surface area (Å²) in [5, 5.41) is 7.25. The molecular formula is C26H27N3O5. The van der Waals surface area contributed by atoms with E-state index >= 15 is 0 Å². The molecule has 2 N–H and O–H groups in total. The molecular weight excluding hydrogens is 434 g/mol. The number of methoxy groups -OCH3 is 2. The number of benzene rings is 2. The van der Waals surface area contributed by atoms with Crippen LogP contribution in [0.4, 0.5) is 5.69 Å². The quantitative estimate of drug-likeness (QED) is 0.521. The maximum atomic E-state index is 13.1. The Morgan fingerprint density at radius 3 is 2.53 bits per heavy atom. The molecule has 0 fully saturated rings. The van der Waals surface area contributed by atoms with Crippen molar-refractivity contribution < 1.29 is 23.5 Å². The van der Waals surface area contributed by atoms with Crippen LogP contribution in [0.3, 0.4) is 0 Å². The lowest BCUT2D eigenvalue weighted by molar-refractivity contribution is 0.0952. The molecule has 0 atom stereocenters. The lowest BCUT2D eigenvalue weighted by Gasteiger charge is -2.13. The molecule has 0 aliphatic heterocycles. The maximum Gasteiger partial charge on any atom is 0.291 e. The molecule has 0 radical (unpaired) electrons. The molecule has 1 aliphatic carbocycles. The molecule has 2 amide bonds. The van der Waals surface area contributed by atoms with E-state index in [1.807, 2.05) is 32.0 Å². The van der Waals surface area contributed by atoms with E-state index in [0.717, 1.165) is 17.5 Å². The van der Waals surface area contributed by atoms with Gasteiger partial charge in [-0.1, -0.05) is 18.2 Å². The van der Waals surface area contributed by atoms with E-state index in [2.05, 4.69) is 15.8 Å². The van der Waals surface area contributed by atoms with Gasteiger partial charge in [0.25, 0.3) is 11.8 Å². The standard InChI is InChI=1S/C26H27N3O5/c1-15-8-5-6-9-18(15)25(30)29-28-19-10-7-11-22-23(19)16(2)24(34-22)26(31)27-20-14-17(32-3)12-13-21(20)33-4/h5-6,8-9,12-14H,7,10-11H2,1-4H3,(H,27,31)(H,29,30)/b28-19+. The fourth-order valence-electron chi connectivity index (χ4n) is 4.09. The molecule has 34 heavy (non-hydrogen) atoms. The number of anilines is 1. The number of rotatable bonds is 6. The topological polar surface area (TPSA) is 102 Å². The Balaban J connectivity index is 1.59. The average molecular weight is 462 g/mol. The Labute approximate surface area is 197 Å². The third kappa shape index (κ3) is 4.52. The zero-order chi connectivity index (χ0) is 24.2. The number of hydrogen-bond acceptors (Lipinski definition) is 6. The molecule has 4 rings (SSSR count). The van der Waals surface area contributed by atoms with Crippen LogP contribution in [0.5, 0.6) is 11.5 Å². The summed E-state index contributed by atoms with van der Waals surface area (Å²) in [5.74, 6) is 1.31.